The number of benzene rings is 1. The van der Waals surface area contributed by atoms with E-state index in [2.05, 4.69) is 15.2 Å². The fourth-order valence-electron chi connectivity index (χ4n) is 3.32. The van der Waals surface area contributed by atoms with Gasteiger partial charge in [0.05, 0.1) is 0 Å². The highest BCUT2D eigenvalue weighted by Crippen LogP contribution is 2.14. The van der Waals surface area contributed by atoms with E-state index in [0.717, 1.165) is 0 Å². The van der Waals surface area contributed by atoms with Gasteiger partial charge in [-0.15, -0.1) is 0 Å². The summed E-state index contributed by atoms with van der Waals surface area (Å²) in [6.45, 7) is 3.89. The number of rotatable bonds is 3. The molecule has 2 aromatic heterocycles. The van der Waals surface area contributed by atoms with E-state index in [1.165, 1.54) is 35.2 Å². The number of hydrogen-bond acceptors (Lipinski definition) is 5. The number of aromatic nitrogens is 4. The van der Waals surface area contributed by atoms with Gasteiger partial charge in [0, 0.05) is 38.1 Å². The highest BCUT2D eigenvalue weighted by Gasteiger charge is 2.26. The second kappa shape index (κ2) is 7.26. The summed E-state index contributed by atoms with van der Waals surface area (Å²) in [5, 5.41) is 6.65. The first-order valence-electron chi connectivity index (χ1n) is 8.92. The number of pyridine rings is 1. The number of nitrogens with zero attached hydrogens (tertiary/aromatic N) is 5. The molecule has 0 radical (unpaired) electrons. The largest absolute Gasteiger partial charge is 0.338 e. The molecule has 0 spiro atoms. The SMILES string of the molecule is Cc1ccn(-c2ccc(F)cc2)c(=O)c1C(=O)N1CCN(c2ncn[nH]2)CC1. The highest BCUT2D eigenvalue weighted by molar-refractivity contribution is 5.95. The monoisotopic (exact) mass is 382 g/mol. The van der Waals surface area contributed by atoms with Crippen molar-refractivity contribution in [1.82, 2.24) is 24.6 Å². The molecular weight excluding hydrogens is 363 g/mol. The molecule has 9 heteroatoms. The summed E-state index contributed by atoms with van der Waals surface area (Å²) >= 11 is 0. The fraction of sp³-hybridized carbons (Fsp3) is 0.263. The van der Waals surface area contributed by atoms with Crippen LogP contribution in [0.1, 0.15) is 15.9 Å². The van der Waals surface area contributed by atoms with E-state index in [1.807, 2.05) is 4.90 Å². The van der Waals surface area contributed by atoms with Crippen molar-refractivity contribution in [1.29, 1.82) is 0 Å². The molecule has 1 aliphatic heterocycles. The summed E-state index contributed by atoms with van der Waals surface area (Å²) in [6.07, 6.45) is 3.04. The molecule has 0 atom stereocenters. The van der Waals surface area contributed by atoms with Gasteiger partial charge in [-0.3, -0.25) is 14.2 Å². The third-order valence-electron chi connectivity index (χ3n) is 4.89. The summed E-state index contributed by atoms with van der Waals surface area (Å²) in [7, 11) is 0. The highest BCUT2D eigenvalue weighted by atomic mass is 19.1. The Morgan fingerprint density at radius 2 is 1.82 bits per heavy atom. The van der Waals surface area contributed by atoms with E-state index in [4.69, 9.17) is 0 Å². The van der Waals surface area contributed by atoms with Gasteiger partial charge >= 0.3 is 0 Å². The number of nitrogens with one attached hydrogen (secondary N) is 1. The molecule has 1 N–H and O–H groups in total. The summed E-state index contributed by atoms with van der Waals surface area (Å²) in [5.74, 6) is -0.0114. The lowest BCUT2D eigenvalue weighted by Gasteiger charge is -2.34. The Hall–Kier alpha value is -3.49. The molecule has 1 saturated heterocycles. The standard InChI is InChI=1S/C19H19FN6O2/c1-13-6-7-26(15-4-2-14(20)3-5-15)18(28)16(13)17(27)24-8-10-25(11-9-24)19-21-12-22-23-19/h2-7,12H,8-11H2,1H3,(H,21,22,23). The van der Waals surface area contributed by atoms with Gasteiger partial charge in [0.1, 0.15) is 17.7 Å². The molecular formula is C19H19FN6O2. The van der Waals surface area contributed by atoms with Gasteiger partial charge in [-0.1, -0.05) is 0 Å². The van der Waals surface area contributed by atoms with Gasteiger partial charge in [0.25, 0.3) is 11.5 Å². The number of anilines is 1. The van der Waals surface area contributed by atoms with Gasteiger partial charge < -0.3 is 9.80 Å². The van der Waals surface area contributed by atoms with Crippen LogP contribution in [0.4, 0.5) is 10.3 Å². The molecule has 1 aromatic carbocycles. The molecule has 1 fully saturated rings. The zero-order valence-corrected chi connectivity index (χ0v) is 15.3. The van der Waals surface area contributed by atoms with Crippen LogP contribution in [0, 0.1) is 12.7 Å². The zero-order valence-electron chi connectivity index (χ0n) is 15.3. The molecule has 28 heavy (non-hydrogen) atoms. The summed E-state index contributed by atoms with van der Waals surface area (Å²) in [4.78, 5) is 33.9. The van der Waals surface area contributed by atoms with Gasteiger partial charge in [-0.25, -0.2) is 9.49 Å². The lowest BCUT2D eigenvalue weighted by atomic mass is 10.1. The first-order valence-corrected chi connectivity index (χ1v) is 8.92. The van der Waals surface area contributed by atoms with Crippen LogP contribution in [-0.4, -0.2) is 56.7 Å². The van der Waals surface area contributed by atoms with Crippen LogP contribution in [0.15, 0.2) is 47.7 Å². The number of piperazine rings is 1. The number of halogens is 1. The molecule has 3 aromatic rings. The van der Waals surface area contributed by atoms with E-state index in [1.54, 1.807) is 24.1 Å². The number of amides is 1. The average Bonchev–Trinajstić information content (AvgIpc) is 3.24. The molecule has 1 aliphatic rings. The third-order valence-corrected chi connectivity index (χ3v) is 4.89. The lowest BCUT2D eigenvalue weighted by Crippen LogP contribution is -2.50. The maximum Gasteiger partial charge on any atom is 0.268 e. The van der Waals surface area contributed by atoms with Crippen molar-refractivity contribution in [2.45, 2.75) is 6.92 Å². The van der Waals surface area contributed by atoms with Crippen LogP contribution in [0.5, 0.6) is 0 Å². The van der Waals surface area contributed by atoms with E-state index in [0.29, 0.717) is 43.4 Å². The molecule has 0 aliphatic carbocycles. The van der Waals surface area contributed by atoms with Gasteiger partial charge in [0.2, 0.25) is 5.95 Å². The lowest BCUT2D eigenvalue weighted by molar-refractivity contribution is 0.0743. The average molecular weight is 382 g/mol. The summed E-state index contributed by atoms with van der Waals surface area (Å²) in [6, 6.07) is 7.31. The van der Waals surface area contributed by atoms with Crippen molar-refractivity contribution < 1.29 is 9.18 Å². The van der Waals surface area contributed by atoms with E-state index in [9.17, 15) is 14.0 Å². The smallest absolute Gasteiger partial charge is 0.268 e. The van der Waals surface area contributed by atoms with Crippen molar-refractivity contribution >= 4 is 11.9 Å². The van der Waals surface area contributed by atoms with Gasteiger partial charge in [-0.2, -0.15) is 10.1 Å². The van der Waals surface area contributed by atoms with Crippen LogP contribution in [-0.2, 0) is 0 Å². The van der Waals surface area contributed by atoms with E-state index in [-0.39, 0.29) is 17.3 Å². The number of hydrogen-bond donors (Lipinski definition) is 1. The van der Waals surface area contributed by atoms with E-state index >= 15 is 0 Å². The van der Waals surface area contributed by atoms with Crippen LogP contribution >= 0.6 is 0 Å². The number of carbonyl (C=O) groups excluding carboxylic acids is 1. The molecule has 144 valence electrons. The first kappa shape index (κ1) is 17.9. The summed E-state index contributed by atoms with van der Waals surface area (Å²) in [5.41, 5.74) is 0.857. The Labute approximate surface area is 160 Å². The molecule has 4 rings (SSSR count). The molecule has 0 bridgehead atoms. The predicted octanol–water partition coefficient (Wildman–Crippen LogP) is 1.37. The Morgan fingerprint density at radius 1 is 1.11 bits per heavy atom. The van der Waals surface area contributed by atoms with E-state index < -0.39 is 5.56 Å². The third kappa shape index (κ3) is 3.26. The Kier molecular flexibility index (Phi) is 4.64. The second-order valence-electron chi connectivity index (χ2n) is 6.61. The van der Waals surface area contributed by atoms with Crippen molar-refractivity contribution in [2.24, 2.45) is 0 Å². The second-order valence-corrected chi connectivity index (χ2v) is 6.61. The molecule has 1 amide bonds. The Morgan fingerprint density at radius 3 is 2.46 bits per heavy atom. The minimum absolute atomic E-state index is 0.139. The van der Waals surface area contributed by atoms with Crippen molar-refractivity contribution in [3.05, 3.63) is 70.2 Å². The quantitative estimate of drug-likeness (QED) is 0.739. The molecule has 3 heterocycles. The van der Waals surface area contributed by atoms with Crippen molar-refractivity contribution in [3.63, 3.8) is 0 Å². The normalized spacial score (nSPS) is 14.4. The minimum atomic E-state index is -0.408. The van der Waals surface area contributed by atoms with Crippen molar-refractivity contribution in [3.8, 4) is 5.69 Å². The van der Waals surface area contributed by atoms with Crippen LogP contribution < -0.4 is 10.5 Å². The number of aryl methyl sites for hydroxylation is 1. The number of H-pyrrole nitrogens is 1. The topological polar surface area (TPSA) is 87.1 Å². The maximum atomic E-state index is 13.2. The first-order chi connectivity index (χ1) is 13.5. The van der Waals surface area contributed by atoms with Crippen LogP contribution in [0.3, 0.4) is 0 Å². The Balaban J connectivity index is 1.58. The van der Waals surface area contributed by atoms with Crippen molar-refractivity contribution in [2.75, 3.05) is 31.1 Å². The Bertz CT molecular complexity index is 1040. The van der Waals surface area contributed by atoms with Gasteiger partial charge in [0.15, 0.2) is 0 Å². The number of aromatic amines is 1. The minimum Gasteiger partial charge on any atom is -0.338 e. The van der Waals surface area contributed by atoms with Gasteiger partial charge in [-0.05, 0) is 42.8 Å². The zero-order chi connectivity index (χ0) is 19.7. The molecule has 8 nitrogen and oxygen atoms in total. The predicted molar refractivity (Wildman–Crippen MR) is 101 cm³/mol. The molecule has 0 unspecified atom stereocenters. The molecule has 0 saturated carbocycles. The van der Waals surface area contributed by atoms with Crippen LogP contribution in [0.2, 0.25) is 0 Å². The maximum absolute atomic E-state index is 13.2. The van der Waals surface area contributed by atoms with Crippen LogP contribution in [0.25, 0.3) is 5.69 Å². The summed E-state index contributed by atoms with van der Waals surface area (Å²) < 4.78 is 14.6. The fourth-order valence-corrected chi connectivity index (χ4v) is 3.32. The number of carbonyl (C=O) groups is 1.